The fraction of sp³-hybridized carbons (Fsp3) is 0.471. The Bertz CT molecular complexity index is 513. The van der Waals surface area contributed by atoms with Gasteiger partial charge in [0.15, 0.2) is 0 Å². The van der Waals surface area contributed by atoms with Crippen molar-refractivity contribution in [3.63, 3.8) is 0 Å². The monoisotopic (exact) mass is 290 g/mol. The lowest BCUT2D eigenvalue weighted by Crippen LogP contribution is -2.36. The zero-order chi connectivity index (χ0) is 15.1. The first-order valence-corrected chi connectivity index (χ1v) is 7.57. The van der Waals surface area contributed by atoms with Gasteiger partial charge < -0.3 is 10.2 Å². The molecule has 0 heterocycles. The van der Waals surface area contributed by atoms with Gasteiger partial charge in [-0.05, 0) is 44.2 Å². The van der Waals surface area contributed by atoms with Crippen LogP contribution < -0.4 is 10.2 Å². The third-order valence-electron chi connectivity index (χ3n) is 3.80. The largest absolute Gasteiger partial charge is 0.363 e. The van der Waals surface area contributed by atoms with E-state index in [2.05, 4.69) is 11.4 Å². The van der Waals surface area contributed by atoms with Crippen molar-refractivity contribution in [2.45, 2.75) is 32.1 Å². The molecule has 21 heavy (non-hydrogen) atoms. The van der Waals surface area contributed by atoms with Gasteiger partial charge in [0.1, 0.15) is 5.82 Å². The summed E-state index contributed by atoms with van der Waals surface area (Å²) in [5, 5.41) is 2.91. The molecule has 0 radical (unpaired) electrons. The number of nitrogens with one attached hydrogen (secondary N) is 1. The topological polar surface area (TPSA) is 32.3 Å². The molecule has 0 spiro atoms. The van der Waals surface area contributed by atoms with Crippen molar-refractivity contribution in [3.8, 4) is 0 Å². The normalized spacial score (nSPS) is 14.5. The standard InChI is InChI=1S/C17H23FN2O/c1-20(16-10-6-5-9-15(16)18)13-17(21)19-12-11-14-7-3-2-4-8-14/h5-7,9-10H,2-4,8,11-13H2,1H3,(H,19,21). The molecule has 1 aromatic carbocycles. The quantitative estimate of drug-likeness (QED) is 0.816. The van der Waals surface area contributed by atoms with Crippen LogP contribution in [-0.4, -0.2) is 26.0 Å². The van der Waals surface area contributed by atoms with Crippen molar-refractivity contribution in [1.29, 1.82) is 0 Å². The van der Waals surface area contributed by atoms with E-state index in [0.29, 0.717) is 12.2 Å². The Labute approximate surface area is 125 Å². The number of allylic oxidation sites excluding steroid dienone is 1. The highest BCUT2D eigenvalue weighted by molar-refractivity contribution is 5.81. The number of hydrogen-bond acceptors (Lipinski definition) is 2. The zero-order valence-corrected chi connectivity index (χ0v) is 12.6. The fourth-order valence-corrected chi connectivity index (χ4v) is 2.61. The fourth-order valence-electron chi connectivity index (χ4n) is 2.61. The Morgan fingerprint density at radius 1 is 1.33 bits per heavy atom. The molecule has 1 amide bonds. The molecule has 0 saturated carbocycles. The van der Waals surface area contributed by atoms with Gasteiger partial charge in [0.05, 0.1) is 12.2 Å². The minimum atomic E-state index is -0.305. The number of carbonyl (C=O) groups is 1. The molecular formula is C17H23FN2O. The lowest BCUT2D eigenvalue weighted by Gasteiger charge is -2.19. The van der Waals surface area contributed by atoms with Gasteiger partial charge in [-0.25, -0.2) is 4.39 Å². The van der Waals surface area contributed by atoms with Crippen LogP contribution >= 0.6 is 0 Å². The number of rotatable bonds is 6. The van der Waals surface area contributed by atoms with Crippen LogP contribution in [0.2, 0.25) is 0 Å². The predicted molar refractivity (Wildman–Crippen MR) is 83.8 cm³/mol. The maximum absolute atomic E-state index is 13.6. The number of hydrogen-bond donors (Lipinski definition) is 1. The SMILES string of the molecule is CN(CC(=O)NCCC1=CCCCC1)c1ccccc1F. The molecule has 0 atom stereocenters. The highest BCUT2D eigenvalue weighted by Gasteiger charge is 2.11. The number of anilines is 1. The van der Waals surface area contributed by atoms with E-state index in [1.165, 1.54) is 30.9 Å². The van der Waals surface area contributed by atoms with Gasteiger partial charge in [0.25, 0.3) is 0 Å². The first kappa shape index (κ1) is 15.5. The van der Waals surface area contributed by atoms with E-state index in [4.69, 9.17) is 0 Å². The van der Waals surface area contributed by atoms with Gasteiger partial charge in [-0.1, -0.05) is 23.8 Å². The second kappa shape index (κ2) is 7.81. The number of amides is 1. The number of para-hydroxylation sites is 1. The number of benzene rings is 1. The summed E-state index contributed by atoms with van der Waals surface area (Å²) >= 11 is 0. The van der Waals surface area contributed by atoms with E-state index in [9.17, 15) is 9.18 Å². The number of carbonyl (C=O) groups excluding carboxylic acids is 1. The summed E-state index contributed by atoms with van der Waals surface area (Å²) in [6.45, 7) is 0.829. The minimum absolute atomic E-state index is 0.0721. The van der Waals surface area contributed by atoms with E-state index < -0.39 is 0 Å². The van der Waals surface area contributed by atoms with Crippen molar-refractivity contribution in [2.24, 2.45) is 0 Å². The summed E-state index contributed by atoms with van der Waals surface area (Å²) in [7, 11) is 1.72. The molecule has 1 aromatic rings. The molecular weight excluding hydrogens is 267 g/mol. The molecule has 1 aliphatic rings. The van der Waals surface area contributed by atoms with Crippen LogP contribution in [0, 0.1) is 5.82 Å². The molecule has 1 aliphatic carbocycles. The van der Waals surface area contributed by atoms with Crippen LogP contribution in [0.1, 0.15) is 32.1 Å². The summed E-state index contributed by atoms with van der Waals surface area (Å²) in [5.74, 6) is -0.377. The molecule has 2 rings (SSSR count). The molecule has 0 unspecified atom stereocenters. The van der Waals surface area contributed by atoms with Crippen molar-refractivity contribution < 1.29 is 9.18 Å². The first-order valence-electron chi connectivity index (χ1n) is 7.57. The van der Waals surface area contributed by atoms with Crippen LogP contribution in [-0.2, 0) is 4.79 Å². The van der Waals surface area contributed by atoms with Gasteiger partial charge in [-0.2, -0.15) is 0 Å². The average molecular weight is 290 g/mol. The van der Waals surface area contributed by atoms with E-state index in [0.717, 1.165) is 12.8 Å². The summed E-state index contributed by atoms with van der Waals surface area (Å²) in [5.41, 5.74) is 1.90. The lowest BCUT2D eigenvalue weighted by molar-refractivity contribution is -0.119. The molecule has 0 saturated heterocycles. The maximum atomic E-state index is 13.6. The molecule has 114 valence electrons. The second-order valence-corrected chi connectivity index (χ2v) is 5.52. The highest BCUT2D eigenvalue weighted by Crippen LogP contribution is 2.19. The van der Waals surface area contributed by atoms with Gasteiger partial charge >= 0.3 is 0 Å². The zero-order valence-electron chi connectivity index (χ0n) is 12.6. The number of nitrogens with zero attached hydrogens (tertiary/aromatic N) is 1. The van der Waals surface area contributed by atoms with Gasteiger partial charge in [-0.15, -0.1) is 0 Å². The summed E-state index contributed by atoms with van der Waals surface area (Å²) in [4.78, 5) is 13.5. The van der Waals surface area contributed by atoms with Crippen LogP contribution in [0.4, 0.5) is 10.1 Å². The minimum Gasteiger partial charge on any atom is -0.363 e. The highest BCUT2D eigenvalue weighted by atomic mass is 19.1. The maximum Gasteiger partial charge on any atom is 0.239 e. The Kier molecular flexibility index (Phi) is 5.78. The number of likely N-dealkylation sites (N-methyl/N-ethyl adjacent to an activating group) is 1. The van der Waals surface area contributed by atoms with Crippen LogP contribution in [0.3, 0.4) is 0 Å². The molecule has 3 nitrogen and oxygen atoms in total. The Morgan fingerprint density at radius 3 is 2.86 bits per heavy atom. The van der Waals surface area contributed by atoms with Gasteiger partial charge in [0.2, 0.25) is 5.91 Å². The molecule has 4 heteroatoms. The van der Waals surface area contributed by atoms with E-state index in [1.54, 1.807) is 30.1 Å². The molecule has 0 fully saturated rings. The summed E-state index contributed by atoms with van der Waals surface area (Å²) in [6.07, 6.45) is 8.08. The third-order valence-corrected chi connectivity index (χ3v) is 3.80. The predicted octanol–water partition coefficient (Wildman–Crippen LogP) is 3.27. The molecule has 0 aromatic heterocycles. The summed E-state index contributed by atoms with van der Waals surface area (Å²) < 4.78 is 13.6. The average Bonchev–Trinajstić information content (AvgIpc) is 2.48. The smallest absolute Gasteiger partial charge is 0.239 e. The molecule has 0 bridgehead atoms. The third kappa shape index (κ3) is 4.88. The van der Waals surface area contributed by atoms with E-state index in [-0.39, 0.29) is 18.3 Å². The first-order chi connectivity index (χ1) is 10.2. The summed E-state index contributed by atoms with van der Waals surface area (Å²) in [6, 6.07) is 6.49. The van der Waals surface area contributed by atoms with E-state index in [1.807, 2.05) is 0 Å². The Morgan fingerprint density at radius 2 is 2.14 bits per heavy atom. The van der Waals surface area contributed by atoms with Crippen molar-refractivity contribution in [2.75, 3.05) is 25.0 Å². The number of halogens is 1. The van der Waals surface area contributed by atoms with Gasteiger partial charge in [0, 0.05) is 13.6 Å². The van der Waals surface area contributed by atoms with Crippen molar-refractivity contribution >= 4 is 11.6 Å². The van der Waals surface area contributed by atoms with Crippen molar-refractivity contribution in [3.05, 3.63) is 41.7 Å². The van der Waals surface area contributed by atoms with Crippen LogP contribution in [0.25, 0.3) is 0 Å². The second-order valence-electron chi connectivity index (χ2n) is 5.52. The van der Waals surface area contributed by atoms with E-state index >= 15 is 0 Å². The van der Waals surface area contributed by atoms with Crippen LogP contribution in [0.5, 0.6) is 0 Å². The molecule has 1 N–H and O–H groups in total. The van der Waals surface area contributed by atoms with Crippen LogP contribution in [0.15, 0.2) is 35.9 Å². The lowest BCUT2D eigenvalue weighted by atomic mass is 9.97. The van der Waals surface area contributed by atoms with Gasteiger partial charge in [-0.3, -0.25) is 4.79 Å². The Balaban J connectivity index is 1.74. The Hall–Kier alpha value is -1.84. The molecule has 0 aliphatic heterocycles. The van der Waals surface area contributed by atoms with Crippen molar-refractivity contribution in [1.82, 2.24) is 5.32 Å².